The molecular weight excluding hydrogens is 290 g/mol. The second-order valence-electron chi connectivity index (χ2n) is 5.53. The molecule has 0 aromatic heterocycles. The average Bonchev–Trinajstić information content (AvgIpc) is 2.36. The highest BCUT2D eigenvalue weighted by molar-refractivity contribution is 9.07. The lowest BCUT2D eigenvalue weighted by Gasteiger charge is -2.29. The van der Waals surface area contributed by atoms with Crippen molar-refractivity contribution in [2.45, 2.75) is 83.6 Å². The smallest absolute Gasteiger partial charge is 0.135 e. The van der Waals surface area contributed by atoms with E-state index in [2.05, 4.69) is 27.0 Å². The standard InChI is InChI=1S/C15H28BrNO/c1-2-3-4-5-6-7-8-9-10-14-13-15(18)11-12-17(14)16/h14H,2-13H2,1H3. The lowest BCUT2D eigenvalue weighted by Crippen LogP contribution is -2.36. The van der Waals surface area contributed by atoms with Crippen LogP contribution in [0.2, 0.25) is 0 Å². The van der Waals surface area contributed by atoms with Crippen LogP contribution in [0.3, 0.4) is 0 Å². The van der Waals surface area contributed by atoms with Gasteiger partial charge >= 0.3 is 0 Å². The van der Waals surface area contributed by atoms with Gasteiger partial charge in [0.25, 0.3) is 0 Å². The van der Waals surface area contributed by atoms with Gasteiger partial charge in [-0.05, 0) is 6.42 Å². The van der Waals surface area contributed by atoms with Gasteiger partial charge in [0, 0.05) is 41.6 Å². The Kier molecular flexibility index (Phi) is 8.95. The van der Waals surface area contributed by atoms with Crippen LogP contribution in [0.1, 0.15) is 77.6 Å². The third kappa shape index (κ3) is 6.89. The largest absolute Gasteiger partial charge is 0.300 e. The molecule has 3 heteroatoms. The maximum absolute atomic E-state index is 11.4. The molecule has 106 valence electrons. The van der Waals surface area contributed by atoms with E-state index in [1.54, 1.807) is 0 Å². The maximum atomic E-state index is 11.4. The molecule has 0 bridgehead atoms. The number of unbranched alkanes of at least 4 members (excludes halogenated alkanes) is 7. The first-order valence-electron chi connectivity index (χ1n) is 7.68. The van der Waals surface area contributed by atoms with Gasteiger partial charge in [0.2, 0.25) is 0 Å². The number of ketones is 1. The number of halogens is 1. The van der Waals surface area contributed by atoms with Crippen molar-refractivity contribution < 1.29 is 4.79 Å². The molecule has 1 aliphatic rings. The minimum Gasteiger partial charge on any atom is -0.300 e. The summed E-state index contributed by atoms with van der Waals surface area (Å²) in [6.07, 6.45) is 13.5. The zero-order valence-electron chi connectivity index (χ0n) is 11.8. The number of rotatable bonds is 9. The van der Waals surface area contributed by atoms with E-state index in [0.717, 1.165) is 19.4 Å². The van der Waals surface area contributed by atoms with Gasteiger partial charge in [-0.1, -0.05) is 58.3 Å². The lowest BCUT2D eigenvalue weighted by atomic mass is 9.97. The summed E-state index contributed by atoms with van der Waals surface area (Å²) >= 11 is 3.57. The second-order valence-corrected chi connectivity index (χ2v) is 6.44. The first kappa shape index (κ1) is 16.2. The molecule has 0 aromatic carbocycles. The molecule has 0 radical (unpaired) electrons. The molecule has 1 aliphatic heterocycles. The van der Waals surface area contributed by atoms with Crippen molar-refractivity contribution in [3.05, 3.63) is 0 Å². The molecule has 0 aromatic rings. The summed E-state index contributed by atoms with van der Waals surface area (Å²) < 4.78 is 2.19. The van der Waals surface area contributed by atoms with Crippen LogP contribution in [0.25, 0.3) is 0 Å². The van der Waals surface area contributed by atoms with Crippen LogP contribution in [0.4, 0.5) is 0 Å². The molecule has 0 spiro atoms. The van der Waals surface area contributed by atoms with Gasteiger partial charge in [-0.15, -0.1) is 0 Å². The molecule has 0 amide bonds. The quantitative estimate of drug-likeness (QED) is 0.447. The Balaban J connectivity index is 1.95. The third-order valence-corrected chi connectivity index (χ3v) is 4.79. The summed E-state index contributed by atoms with van der Waals surface area (Å²) in [7, 11) is 0. The minimum atomic E-state index is 0.440. The van der Waals surface area contributed by atoms with E-state index in [4.69, 9.17) is 0 Å². The molecular formula is C15H28BrNO. The van der Waals surface area contributed by atoms with Gasteiger partial charge in [0.15, 0.2) is 0 Å². The van der Waals surface area contributed by atoms with Crippen LogP contribution < -0.4 is 0 Å². The van der Waals surface area contributed by atoms with Gasteiger partial charge in [0.1, 0.15) is 5.78 Å². The van der Waals surface area contributed by atoms with E-state index in [0.29, 0.717) is 11.8 Å². The van der Waals surface area contributed by atoms with Crippen molar-refractivity contribution in [1.82, 2.24) is 3.93 Å². The van der Waals surface area contributed by atoms with Crippen LogP contribution >= 0.6 is 16.1 Å². The maximum Gasteiger partial charge on any atom is 0.135 e. The van der Waals surface area contributed by atoms with Crippen LogP contribution in [-0.4, -0.2) is 22.3 Å². The molecule has 0 N–H and O–H groups in total. The Morgan fingerprint density at radius 1 is 1.11 bits per heavy atom. The summed E-state index contributed by atoms with van der Waals surface area (Å²) in [5, 5.41) is 0. The summed E-state index contributed by atoms with van der Waals surface area (Å²) in [5.41, 5.74) is 0. The van der Waals surface area contributed by atoms with E-state index < -0.39 is 0 Å². The molecule has 18 heavy (non-hydrogen) atoms. The van der Waals surface area contributed by atoms with E-state index in [1.807, 2.05) is 0 Å². The Morgan fingerprint density at radius 3 is 2.39 bits per heavy atom. The van der Waals surface area contributed by atoms with Crippen molar-refractivity contribution >= 4 is 21.9 Å². The summed E-state index contributed by atoms with van der Waals surface area (Å²) in [4.78, 5) is 11.4. The van der Waals surface area contributed by atoms with Crippen LogP contribution in [0, 0.1) is 0 Å². The number of hydrogen-bond donors (Lipinski definition) is 0. The molecule has 1 fully saturated rings. The number of hydrogen-bond acceptors (Lipinski definition) is 2. The fraction of sp³-hybridized carbons (Fsp3) is 0.933. The zero-order chi connectivity index (χ0) is 13.2. The van der Waals surface area contributed by atoms with Crippen LogP contribution in [0.5, 0.6) is 0 Å². The van der Waals surface area contributed by atoms with Gasteiger partial charge < -0.3 is 0 Å². The minimum absolute atomic E-state index is 0.440. The fourth-order valence-corrected chi connectivity index (χ4v) is 3.16. The highest BCUT2D eigenvalue weighted by atomic mass is 79.9. The van der Waals surface area contributed by atoms with Crippen molar-refractivity contribution in [3.8, 4) is 0 Å². The van der Waals surface area contributed by atoms with Crippen molar-refractivity contribution in [2.75, 3.05) is 6.54 Å². The Bertz CT molecular complexity index is 233. The van der Waals surface area contributed by atoms with Gasteiger partial charge in [0.05, 0.1) is 0 Å². The van der Waals surface area contributed by atoms with Crippen LogP contribution in [-0.2, 0) is 4.79 Å². The number of piperidine rings is 1. The molecule has 1 saturated heterocycles. The summed E-state index contributed by atoms with van der Waals surface area (Å²) in [5.74, 6) is 0.440. The molecule has 1 rings (SSSR count). The fourth-order valence-electron chi connectivity index (χ4n) is 2.63. The average molecular weight is 318 g/mol. The molecule has 2 nitrogen and oxygen atoms in total. The van der Waals surface area contributed by atoms with Crippen molar-refractivity contribution in [2.24, 2.45) is 0 Å². The molecule has 1 unspecified atom stereocenters. The molecule has 1 atom stereocenters. The number of carbonyl (C=O) groups is 1. The number of carbonyl (C=O) groups excluding carboxylic acids is 1. The Morgan fingerprint density at radius 2 is 1.72 bits per heavy atom. The first-order chi connectivity index (χ1) is 8.74. The molecule has 0 aliphatic carbocycles. The zero-order valence-corrected chi connectivity index (χ0v) is 13.4. The third-order valence-electron chi connectivity index (χ3n) is 3.85. The van der Waals surface area contributed by atoms with Crippen LogP contribution in [0.15, 0.2) is 0 Å². The van der Waals surface area contributed by atoms with Crippen molar-refractivity contribution in [1.29, 1.82) is 0 Å². The van der Waals surface area contributed by atoms with E-state index >= 15 is 0 Å². The van der Waals surface area contributed by atoms with E-state index in [-0.39, 0.29) is 0 Å². The topological polar surface area (TPSA) is 20.3 Å². The normalized spacial score (nSPS) is 21.4. The number of Topliss-reactive ketones (excluding diaryl/α,β-unsaturated/α-hetero) is 1. The predicted octanol–water partition coefficient (Wildman–Crippen LogP) is 4.86. The van der Waals surface area contributed by atoms with Gasteiger partial charge in [-0.25, -0.2) is 3.93 Å². The lowest BCUT2D eigenvalue weighted by molar-refractivity contribution is -0.121. The van der Waals surface area contributed by atoms with Gasteiger partial charge in [-0.2, -0.15) is 0 Å². The Labute approximate surface area is 121 Å². The van der Waals surface area contributed by atoms with E-state index in [1.165, 1.54) is 57.8 Å². The van der Waals surface area contributed by atoms with Gasteiger partial charge in [-0.3, -0.25) is 4.79 Å². The molecule has 0 saturated carbocycles. The summed E-state index contributed by atoms with van der Waals surface area (Å²) in [6, 6.07) is 0.450. The molecule has 1 heterocycles. The highest BCUT2D eigenvalue weighted by Crippen LogP contribution is 2.23. The highest BCUT2D eigenvalue weighted by Gasteiger charge is 2.24. The SMILES string of the molecule is CCCCCCCCCCC1CC(=O)CCN1Br. The Hall–Kier alpha value is 0.110. The van der Waals surface area contributed by atoms with Crippen molar-refractivity contribution in [3.63, 3.8) is 0 Å². The second kappa shape index (κ2) is 9.96. The van der Waals surface area contributed by atoms with E-state index in [9.17, 15) is 4.79 Å². The first-order valence-corrected chi connectivity index (χ1v) is 8.39. The monoisotopic (exact) mass is 317 g/mol. The number of nitrogens with zero attached hydrogens (tertiary/aromatic N) is 1. The summed E-state index contributed by atoms with van der Waals surface area (Å²) in [6.45, 7) is 3.15. The predicted molar refractivity (Wildman–Crippen MR) is 80.9 cm³/mol.